The van der Waals surface area contributed by atoms with Crippen LogP contribution in [0.4, 0.5) is 5.82 Å². The van der Waals surface area contributed by atoms with Crippen molar-refractivity contribution in [2.45, 2.75) is 51.2 Å². The molecule has 7 nitrogen and oxygen atoms in total. The van der Waals surface area contributed by atoms with Gasteiger partial charge in [0.15, 0.2) is 0 Å². The smallest absolute Gasteiger partial charge is 0.222 e. The third-order valence-electron chi connectivity index (χ3n) is 6.72. The van der Waals surface area contributed by atoms with Crippen molar-refractivity contribution in [3.8, 4) is 11.1 Å². The van der Waals surface area contributed by atoms with Crippen LogP contribution < -0.4 is 4.90 Å². The zero-order chi connectivity index (χ0) is 20.3. The number of ether oxygens (including phenoxy) is 1. The summed E-state index contributed by atoms with van der Waals surface area (Å²) >= 11 is 0. The van der Waals surface area contributed by atoms with E-state index < -0.39 is 0 Å². The summed E-state index contributed by atoms with van der Waals surface area (Å²) in [5.74, 6) is 2.00. The fourth-order valence-electron chi connectivity index (χ4n) is 4.87. The summed E-state index contributed by atoms with van der Waals surface area (Å²) < 4.78 is 7.77. The quantitative estimate of drug-likeness (QED) is 0.757. The molecule has 2 aromatic rings. The van der Waals surface area contributed by atoms with Gasteiger partial charge < -0.3 is 14.5 Å². The van der Waals surface area contributed by atoms with Crippen LogP contribution in [0, 0.1) is 5.92 Å². The minimum Gasteiger partial charge on any atom is -0.357 e. The molecule has 3 saturated heterocycles. The van der Waals surface area contributed by atoms with E-state index in [0.29, 0.717) is 11.8 Å². The molecule has 3 fully saturated rings. The molecule has 0 bridgehead atoms. The normalized spacial score (nSPS) is 23.3. The van der Waals surface area contributed by atoms with Gasteiger partial charge in [-0.1, -0.05) is 0 Å². The Morgan fingerprint density at radius 3 is 2.60 bits per heavy atom. The van der Waals surface area contributed by atoms with Crippen LogP contribution in [0.5, 0.6) is 0 Å². The van der Waals surface area contributed by atoms with E-state index in [1.54, 1.807) is 0 Å². The number of piperidine rings is 1. The molecule has 2 aromatic heterocycles. The first-order valence-corrected chi connectivity index (χ1v) is 11.4. The number of hydrogen-bond acceptors (Lipinski definition) is 5. The largest absolute Gasteiger partial charge is 0.357 e. The van der Waals surface area contributed by atoms with Crippen LogP contribution in [0.1, 0.15) is 51.2 Å². The Balaban J connectivity index is 1.17. The molecule has 1 amide bonds. The average Bonchev–Trinajstić information content (AvgIpc) is 3.45. The topological polar surface area (TPSA) is 63.5 Å². The summed E-state index contributed by atoms with van der Waals surface area (Å²) in [5, 5.41) is 4.51. The molecular formula is C23H31N5O2. The van der Waals surface area contributed by atoms with Crippen LogP contribution >= 0.6 is 0 Å². The predicted molar refractivity (Wildman–Crippen MR) is 115 cm³/mol. The van der Waals surface area contributed by atoms with Crippen LogP contribution in [0.2, 0.25) is 0 Å². The van der Waals surface area contributed by atoms with Gasteiger partial charge in [0.2, 0.25) is 5.91 Å². The second kappa shape index (κ2) is 8.76. The second-order valence-corrected chi connectivity index (χ2v) is 8.81. The third-order valence-corrected chi connectivity index (χ3v) is 6.72. The molecule has 30 heavy (non-hydrogen) atoms. The summed E-state index contributed by atoms with van der Waals surface area (Å²) in [4.78, 5) is 21.0. The van der Waals surface area contributed by atoms with Gasteiger partial charge in [0.05, 0.1) is 6.20 Å². The Kier molecular flexibility index (Phi) is 5.71. The maximum atomic E-state index is 11.9. The number of rotatable bonds is 5. The third kappa shape index (κ3) is 4.21. The first-order valence-electron chi connectivity index (χ1n) is 11.4. The predicted octanol–water partition coefficient (Wildman–Crippen LogP) is 3.48. The lowest BCUT2D eigenvalue weighted by Crippen LogP contribution is -2.39. The summed E-state index contributed by atoms with van der Waals surface area (Å²) in [6.45, 7) is 4.73. The average molecular weight is 410 g/mol. The highest BCUT2D eigenvalue weighted by atomic mass is 16.5. The Bertz CT molecular complexity index is 851. The van der Waals surface area contributed by atoms with Gasteiger partial charge in [-0.05, 0) is 56.6 Å². The number of aromatic nitrogens is 3. The monoisotopic (exact) mass is 409 g/mol. The fraction of sp³-hybridized carbons (Fsp3) is 0.609. The SMILES string of the molecule is O=C1CCCN1CC1CCN(c2ccc(-c3cnn(C4CCCCO4)c3)cn2)CC1. The van der Waals surface area contributed by atoms with Gasteiger partial charge in [0.25, 0.3) is 0 Å². The second-order valence-electron chi connectivity index (χ2n) is 8.81. The maximum absolute atomic E-state index is 11.9. The van der Waals surface area contributed by atoms with Gasteiger partial charge in [0, 0.05) is 62.7 Å². The lowest BCUT2D eigenvalue weighted by molar-refractivity contribution is -0.128. The van der Waals surface area contributed by atoms with E-state index in [1.165, 1.54) is 6.42 Å². The Hall–Kier alpha value is -2.41. The first-order chi connectivity index (χ1) is 14.8. The maximum Gasteiger partial charge on any atom is 0.222 e. The number of amides is 1. The van der Waals surface area contributed by atoms with Crippen LogP contribution in [-0.4, -0.2) is 58.4 Å². The zero-order valence-electron chi connectivity index (χ0n) is 17.6. The van der Waals surface area contributed by atoms with E-state index >= 15 is 0 Å². The number of anilines is 1. The molecule has 7 heteroatoms. The van der Waals surface area contributed by atoms with Crippen molar-refractivity contribution in [2.24, 2.45) is 5.92 Å². The molecule has 5 heterocycles. The standard InChI is InChI=1S/C23H31N5O2/c29-22-4-3-10-27(22)16-18-8-11-26(12-9-18)21-7-6-19(14-24-21)20-15-25-28(17-20)23-5-1-2-13-30-23/h6-7,14-15,17-18,23H,1-5,8-13,16H2. The van der Waals surface area contributed by atoms with Crippen molar-refractivity contribution in [3.63, 3.8) is 0 Å². The first kappa shape index (κ1) is 19.5. The van der Waals surface area contributed by atoms with Crippen LogP contribution in [0.15, 0.2) is 30.7 Å². The van der Waals surface area contributed by atoms with Crippen molar-refractivity contribution in [2.75, 3.05) is 37.7 Å². The van der Waals surface area contributed by atoms with Gasteiger partial charge >= 0.3 is 0 Å². The van der Waals surface area contributed by atoms with E-state index in [9.17, 15) is 4.79 Å². The van der Waals surface area contributed by atoms with E-state index in [1.807, 2.05) is 17.1 Å². The van der Waals surface area contributed by atoms with Crippen molar-refractivity contribution in [3.05, 3.63) is 30.7 Å². The van der Waals surface area contributed by atoms with Crippen LogP contribution in [0.25, 0.3) is 11.1 Å². The van der Waals surface area contributed by atoms with Gasteiger partial charge in [-0.3, -0.25) is 4.79 Å². The van der Waals surface area contributed by atoms with Crippen LogP contribution in [0.3, 0.4) is 0 Å². The van der Waals surface area contributed by atoms with E-state index in [4.69, 9.17) is 9.72 Å². The lowest BCUT2D eigenvalue weighted by Gasteiger charge is -2.34. The molecule has 0 N–H and O–H groups in total. The summed E-state index contributed by atoms with van der Waals surface area (Å²) in [5.41, 5.74) is 2.17. The molecule has 0 aromatic carbocycles. The van der Waals surface area contributed by atoms with Crippen molar-refractivity contribution >= 4 is 11.7 Å². The van der Waals surface area contributed by atoms with Gasteiger partial charge in [-0.2, -0.15) is 5.10 Å². The van der Waals surface area contributed by atoms with E-state index in [0.717, 1.165) is 88.3 Å². The van der Waals surface area contributed by atoms with Gasteiger partial charge in [-0.25, -0.2) is 9.67 Å². The molecule has 1 unspecified atom stereocenters. The van der Waals surface area contributed by atoms with Crippen LogP contribution in [-0.2, 0) is 9.53 Å². The van der Waals surface area contributed by atoms with Gasteiger partial charge in [0.1, 0.15) is 12.0 Å². The fourth-order valence-corrected chi connectivity index (χ4v) is 4.87. The summed E-state index contributed by atoms with van der Waals surface area (Å²) in [7, 11) is 0. The number of carbonyl (C=O) groups excluding carboxylic acids is 1. The Morgan fingerprint density at radius 2 is 1.90 bits per heavy atom. The van der Waals surface area contributed by atoms with Gasteiger partial charge in [-0.15, -0.1) is 0 Å². The molecule has 0 saturated carbocycles. The number of pyridine rings is 1. The molecule has 0 radical (unpaired) electrons. The zero-order valence-corrected chi connectivity index (χ0v) is 17.6. The summed E-state index contributed by atoms with van der Waals surface area (Å²) in [6, 6.07) is 4.26. The van der Waals surface area contributed by atoms with E-state index in [-0.39, 0.29) is 6.23 Å². The molecule has 5 rings (SSSR count). The molecule has 3 aliphatic heterocycles. The van der Waals surface area contributed by atoms with Crippen molar-refractivity contribution in [1.82, 2.24) is 19.7 Å². The number of nitrogens with zero attached hydrogens (tertiary/aromatic N) is 5. The minimum atomic E-state index is 0.0666. The lowest BCUT2D eigenvalue weighted by atomic mass is 9.96. The van der Waals surface area contributed by atoms with Crippen molar-refractivity contribution in [1.29, 1.82) is 0 Å². The number of hydrogen-bond donors (Lipinski definition) is 0. The number of carbonyl (C=O) groups is 1. The highest BCUT2D eigenvalue weighted by Crippen LogP contribution is 2.28. The molecule has 0 spiro atoms. The van der Waals surface area contributed by atoms with Crippen molar-refractivity contribution < 1.29 is 9.53 Å². The molecule has 1 atom stereocenters. The highest BCUT2D eigenvalue weighted by Gasteiger charge is 2.26. The van der Waals surface area contributed by atoms with E-state index in [2.05, 4.69) is 33.2 Å². The molecule has 0 aliphatic carbocycles. The molecular weight excluding hydrogens is 378 g/mol. The number of likely N-dealkylation sites (tertiary alicyclic amines) is 1. The Labute approximate surface area is 178 Å². The molecule has 160 valence electrons. The summed E-state index contributed by atoms with van der Waals surface area (Å²) in [6.07, 6.45) is 13.4. The molecule has 3 aliphatic rings. The Morgan fingerprint density at radius 1 is 1.00 bits per heavy atom. The highest BCUT2D eigenvalue weighted by molar-refractivity contribution is 5.78. The minimum absolute atomic E-state index is 0.0666.